The van der Waals surface area contributed by atoms with Crippen LogP contribution in [-0.2, 0) is 6.42 Å². The van der Waals surface area contributed by atoms with E-state index in [1.54, 1.807) is 6.26 Å². The van der Waals surface area contributed by atoms with Crippen LogP contribution in [0.2, 0.25) is 0 Å². The van der Waals surface area contributed by atoms with Crippen LogP contribution in [0.4, 0.5) is 5.69 Å². The molecular weight excluding hydrogens is 238 g/mol. The molecular formula is C16H13NO2. The number of nitrogens with zero attached hydrogens (tertiary/aromatic N) is 1. The molecule has 0 spiro atoms. The molecule has 0 fully saturated rings. The number of ether oxygens (including phenoxy) is 1. The first kappa shape index (κ1) is 10.6. The lowest BCUT2D eigenvalue weighted by Gasteiger charge is -2.38. The minimum atomic E-state index is -0.139. The molecule has 19 heavy (non-hydrogen) atoms. The van der Waals surface area contributed by atoms with Crippen LogP contribution < -0.4 is 9.80 Å². The van der Waals surface area contributed by atoms with Crippen LogP contribution >= 0.6 is 0 Å². The van der Waals surface area contributed by atoms with Gasteiger partial charge in [-0.25, -0.2) is 5.06 Å². The zero-order valence-electron chi connectivity index (χ0n) is 10.3. The Morgan fingerprint density at radius 2 is 1.84 bits per heavy atom. The molecule has 0 amide bonds. The SMILES string of the molecule is ON1c2ccccc2CC2=COc3ccccc3C21. The van der Waals surface area contributed by atoms with Gasteiger partial charge in [0.1, 0.15) is 11.8 Å². The van der Waals surface area contributed by atoms with Crippen molar-refractivity contribution in [1.82, 2.24) is 0 Å². The highest BCUT2D eigenvalue weighted by Crippen LogP contribution is 2.45. The van der Waals surface area contributed by atoms with Crippen molar-refractivity contribution in [2.24, 2.45) is 0 Å². The first-order valence-corrected chi connectivity index (χ1v) is 6.35. The Labute approximate surface area is 111 Å². The number of benzene rings is 2. The molecule has 3 nitrogen and oxygen atoms in total. The number of para-hydroxylation sites is 2. The Morgan fingerprint density at radius 1 is 1.05 bits per heavy atom. The van der Waals surface area contributed by atoms with E-state index in [-0.39, 0.29) is 6.04 Å². The van der Waals surface area contributed by atoms with Gasteiger partial charge in [0.25, 0.3) is 0 Å². The maximum atomic E-state index is 10.5. The fraction of sp³-hybridized carbons (Fsp3) is 0.125. The Morgan fingerprint density at radius 3 is 2.79 bits per heavy atom. The van der Waals surface area contributed by atoms with E-state index in [0.717, 1.165) is 34.6 Å². The number of rotatable bonds is 0. The summed E-state index contributed by atoms with van der Waals surface area (Å²) in [6.07, 6.45) is 2.58. The van der Waals surface area contributed by atoms with Gasteiger partial charge in [0.05, 0.1) is 11.9 Å². The van der Waals surface area contributed by atoms with Gasteiger partial charge in [-0.3, -0.25) is 5.21 Å². The van der Waals surface area contributed by atoms with Crippen molar-refractivity contribution >= 4 is 5.69 Å². The van der Waals surface area contributed by atoms with Crippen LogP contribution in [-0.4, -0.2) is 5.21 Å². The van der Waals surface area contributed by atoms with Gasteiger partial charge in [-0.15, -0.1) is 0 Å². The number of hydrogen-bond donors (Lipinski definition) is 1. The summed E-state index contributed by atoms with van der Waals surface area (Å²) in [6, 6.07) is 15.6. The van der Waals surface area contributed by atoms with Crippen LogP contribution in [0.3, 0.4) is 0 Å². The smallest absolute Gasteiger partial charge is 0.132 e. The molecule has 0 saturated carbocycles. The van der Waals surface area contributed by atoms with Gasteiger partial charge in [-0.2, -0.15) is 0 Å². The first-order chi connectivity index (χ1) is 9.34. The lowest BCUT2D eigenvalue weighted by molar-refractivity contribution is 0.215. The number of fused-ring (bicyclic) bond motifs is 4. The predicted molar refractivity (Wildman–Crippen MR) is 72.3 cm³/mol. The summed E-state index contributed by atoms with van der Waals surface area (Å²) >= 11 is 0. The summed E-state index contributed by atoms with van der Waals surface area (Å²) in [4.78, 5) is 0. The van der Waals surface area contributed by atoms with E-state index in [1.165, 1.54) is 5.06 Å². The highest BCUT2D eigenvalue weighted by atomic mass is 16.5. The predicted octanol–water partition coefficient (Wildman–Crippen LogP) is 3.46. The molecule has 0 radical (unpaired) electrons. The zero-order chi connectivity index (χ0) is 12.8. The van der Waals surface area contributed by atoms with Gasteiger partial charge in [-0.05, 0) is 23.3 Å². The van der Waals surface area contributed by atoms with Crippen molar-refractivity contribution < 1.29 is 9.94 Å². The average molecular weight is 251 g/mol. The third kappa shape index (κ3) is 1.48. The number of hydroxylamine groups is 1. The molecule has 3 heteroatoms. The number of anilines is 1. The Bertz CT molecular complexity index is 678. The quantitative estimate of drug-likeness (QED) is 0.778. The van der Waals surface area contributed by atoms with Crippen molar-refractivity contribution in [2.45, 2.75) is 12.5 Å². The fourth-order valence-electron chi connectivity index (χ4n) is 2.89. The van der Waals surface area contributed by atoms with Crippen molar-refractivity contribution in [1.29, 1.82) is 0 Å². The minimum absolute atomic E-state index is 0.139. The minimum Gasteiger partial charge on any atom is -0.465 e. The van der Waals surface area contributed by atoms with Crippen LogP contribution in [0.5, 0.6) is 5.75 Å². The van der Waals surface area contributed by atoms with Gasteiger partial charge in [0.2, 0.25) is 0 Å². The summed E-state index contributed by atoms with van der Waals surface area (Å²) in [6.45, 7) is 0. The van der Waals surface area contributed by atoms with Crippen molar-refractivity contribution in [3.05, 3.63) is 71.5 Å². The van der Waals surface area contributed by atoms with E-state index in [1.807, 2.05) is 48.5 Å². The molecule has 94 valence electrons. The highest BCUT2D eigenvalue weighted by molar-refractivity contribution is 5.62. The van der Waals surface area contributed by atoms with Crippen molar-refractivity contribution in [3.63, 3.8) is 0 Å². The molecule has 0 saturated heterocycles. The average Bonchev–Trinajstić information content (AvgIpc) is 2.47. The Hall–Kier alpha value is -2.26. The lowest BCUT2D eigenvalue weighted by atomic mass is 9.87. The third-order valence-corrected chi connectivity index (χ3v) is 3.78. The van der Waals surface area contributed by atoms with Crippen molar-refractivity contribution in [3.8, 4) is 5.75 Å². The maximum absolute atomic E-state index is 10.5. The molecule has 0 bridgehead atoms. The second-order valence-electron chi connectivity index (χ2n) is 4.90. The van der Waals surface area contributed by atoms with E-state index < -0.39 is 0 Å². The van der Waals surface area contributed by atoms with E-state index in [4.69, 9.17) is 4.74 Å². The van der Waals surface area contributed by atoms with Gasteiger partial charge < -0.3 is 4.74 Å². The topological polar surface area (TPSA) is 32.7 Å². The molecule has 2 aromatic carbocycles. The van der Waals surface area contributed by atoms with Gasteiger partial charge in [-0.1, -0.05) is 36.4 Å². The lowest BCUT2D eigenvalue weighted by Crippen LogP contribution is -2.33. The second-order valence-corrected chi connectivity index (χ2v) is 4.90. The van der Waals surface area contributed by atoms with Crippen LogP contribution in [0.15, 0.2) is 60.4 Å². The Kier molecular flexibility index (Phi) is 2.17. The maximum Gasteiger partial charge on any atom is 0.132 e. The first-order valence-electron chi connectivity index (χ1n) is 6.35. The summed E-state index contributed by atoms with van der Waals surface area (Å²) in [5.74, 6) is 0.815. The van der Waals surface area contributed by atoms with Crippen LogP contribution in [0.1, 0.15) is 17.2 Å². The van der Waals surface area contributed by atoms with Crippen molar-refractivity contribution in [2.75, 3.05) is 5.06 Å². The zero-order valence-corrected chi connectivity index (χ0v) is 10.3. The Balaban J connectivity index is 1.89. The largest absolute Gasteiger partial charge is 0.465 e. The van der Waals surface area contributed by atoms with Gasteiger partial charge in [0, 0.05) is 12.0 Å². The highest BCUT2D eigenvalue weighted by Gasteiger charge is 2.34. The summed E-state index contributed by atoms with van der Waals surface area (Å²) in [5, 5.41) is 11.9. The molecule has 1 N–H and O–H groups in total. The van der Waals surface area contributed by atoms with E-state index in [9.17, 15) is 5.21 Å². The molecule has 0 aliphatic carbocycles. The number of hydrogen-bond acceptors (Lipinski definition) is 3. The van der Waals surface area contributed by atoms with E-state index >= 15 is 0 Å². The van der Waals surface area contributed by atoms with Crippen LogP contribution in [0.25, 0.3) is 0 Å². The molecule has 2 heterocycles. The monoisotopic (exact) mass is 251 g/mol. The van der Waals surface area contributed by atoms with Gasteiger partial charge in [0.15, 0.2) is 0 Å². The molecule has 4 rings (SSSR count). The third-order valence-electron chi connectivity index (χ3n) is 3.78. The fourth-order valence-corrected chi connectivity index (χ4v) is 2.89. The molecule has 2 aromatic rings. The molecule has 1 atom stereocenters. The standard InChI is InChI=1S/C16H13NO2/c18-17-14-7-3-1-5-11(14)9-12-10-19-15-8-4-2-6-13(15)16(12)17/h1-8,10,16,18H,9H2. The van der Waals surface area contributed by atoms with Crippen LogP contribution in [0, 0.1) is 0 Å². The molecule has 0 aromatic heterocycles. The normalized spacial score (nSPS) is 19.7. The van der Waals surface area contributed by atoms with E-state index in [0.29, 0.717) is 0 Å². The molecule has 1 unspecified atom stereocenters. The molecule has 2 aliphatic heterocycles. The summed E-state index contributed by atoms with van der Waals surface area (Å²) in [7, 11) is 0. The summed E-state index contributed by atoms with van der Waals surface area (Å²) in [5.41, 5.74) is 4.09. The summed E-state index contributed by atoms with van der Waals surface area (Å²) < 4.78 is 5.66. The second kappa shape index (κ2) is 3.87. The molecule has 2 aliphatic rings. The van der Waals surface area contributed by atoms with Gasteiger partial charge >= 0.3 is 0 Å². The van der Waals surface area contributed by atoms with E-state index in [2.05, 4.69) is 0 Å².